The minimum atomic E-state index is -0.462. The second kappa shape index (κ2) is 3.33. The highest BCUT2D eigenvalue weighted by Gasteiger charge is 2.46. The summed E-state index contributed by atoms with van der Waals surface area (Å²) < 4.78 is 5.40. The molecule has 1 aromatic rings. The van der Waals surface area contributed by atoms with Gasteiger partial charge in [-0.25, -0.2) is 0 Å². The number of Topliss-reactive ketones (excluding diaryl/α,β-unsaturated/α-hetero) is 1. The summed E-state index contributed by atoms with van der Waals surface area (Å²) in [4.78, 5) is 12.5. The van der Waals surface area contributed by atoms with Gasteiger partial charge in [-0.2, -0.15) is 0 Å². The molecule has 0 aliphatic heterocycles. The van der Waals surface area contributed by atoms with E-state index in [2.05, 4.69) is 0 Å². The lowest BCUT2D eigenvalue weighted by Crippen LogP contribution is -2.39. The largest absolute Gasteiger partial charge is 0.461 e. The molecular weight excluding hydrogens is 216 g/mol. The Morgan fingerprint density at radius 2 is 2.29 bits per heavy atom. The predicted molar refractivity (Wildman–Crippen MR) is 62.9 cm³/mol. The van der Waals surface area contributed by atoms with Crippen molar-refractivity contribution in [3.8, 4) is 0 Å². The van der Waals surface area contributed by atoms with Crippen molar-refractivity contribution >= 4 is 5.78 Å². The Hall–Kier alpha value is -1.35. The number of carbonyl (C=O) groups excluding carboxylic acids is 1. The van der Waals surface area contributed by atoms with Crippen molar-refractivity contribution in [1.82, 2.24) is 0 Å². The van der Waals surface area contributed by atoms with E-state index >= 15 is 0 Å². The average molecular weight is 232 g/mol. The Kier molecular flexibility index (Phi) is 2.11. The van der Waals surface area contributed by atoms with Crippen LogP contribution in [0.1, 0.15) is 41.4 Å². The first-order valence-corrected chi connectivity index (χ1v) is 6.03. The van der Waals surface area contributed by atoms with Crippen LogP contribution in [0.5, 0.6) is 0 Å². The van der Waals surface area contributed by atoms with Crippen molar-refractivity contribution in [1.29, 1.82) is 0 Å². The van der Waals surface area contributed by atoms with E-state index in [1.165, 1.54) is 0 Å². The number of allylic oxidation sites excluding steroid dienone is 1. The molecule has 1 N–H and O–H groups in total. The van der Waals surface area contributed by atoms with E-state index in [0.29, 0.717) is 18.6 Å². The van der Waals surface area contributed by atoms with Crippen molar-refractivity contribution in [2.45, 2.75) is 39.2 Å². The molecule has 2 atom stereocenters. The van der Waals surface area contributed by atoms with Gasteiger partial charge in [0.25, 0.3) is 0 Å². The van der Waals surface area contributed by atoms with E-state index in [1.54, 1.807) is 6.26 Å². The Labute approximate surface area is 100 Å². The van der Waals surface area contributed by atoms with Crippen LogP contribution < -0.4 is 0 Å². The van der Waals surface area contributed by atoms with Gasteiger partial charge in [-0.3, -0.25) is 4.79 Å². The van der Waals surface area contributed by atoms with Crippen LogP contribution in [0.2, 0.25) is 0 Å². The normalized spacial score (nSPS) is 31.8. The minimum Gasteiger partial charge on any atom is -0.461 e. The van der Waals surface area contributed by atoms with Gasteiger partial charge in [-0.1, -0.05) is 11.6 Å². The molecule has 90 valence electrons. The second-order valence-electron chi connectivity index (χ2n) is 5.36. The van der Waals surface area contributed by atoms with Crippen molar-refractivity contribution in [3.63, 3.8) is 0 Å². The molecule has 2 unspecified atom stereocenters. The summed E-state index contributed by atoms with van der Waals surface area (Å²) in [5.74, 6) is 0.600. The molecule has 2 aliphatic carbocycles. The van der Waals surface area contributed by atoms with Crippen LogP contribution in [0.15, 0.2) is 22.3 Å². The minimum absolute atomic E-state index is 0.0741. The molecule has 0 radical (unpaired) electrons. The highest BCUT2D eigenvalue weighted by Crippen LogP contribution is 2.46. The van der Waals surface area contributed by atoms with Gasteiger partial charge in [0.2, 0.25) is 5.78 Å². The molecule has 0 saturated heterocycles. The number of aliphatic hydroxyl groups is 1. The maximum Gasteiger partial charge on any atom is 0.208 e. The zero-order chi connectivity index (χ0) is 12.2. The van der Waals surface area contributed by atoms with E-state index < -0.39 is 11.5 Å². The summed E-state index contributed by atoms with van der Waals surface area (Å²) in [6.07, 6.45) is 5.20. The first-order chi connectivity index (χ1) is 8.02. The van der Waals surface area contributed by atoms with Gasteiger partial charge in [0, 0.05) is 5.56 Å². The molecule has 3 nitrogen and oxygen atoms in total. The number of furan rings is 1. The Bertz CT molecular complexity index is 524. The number of hydrogen-bond donors (Lipinski definition) is 1. The summed E-state index contributed by atoms with van der Waals surface area (Å²) in [7, 11) is 0. The van der Waals surface area contributed by atoms with Gasteiger partial charge in [0.1, 0.15) is 0 Å². The highest BCUT2D eigenvalue weighted by molar-refractivity contribution is 6.03. The Balaban J connectivity index is 2.17. The predicted octanol–water partition coefficient (Wildman–Crippen LogP) is 2.41. The monoisotopic (exact) mass is 232 g/mol. The maximum absolute atomic E-state index is 12.5. The molecule has 3 rings (SSSR count). The molecule has 3 heteroatoms. The number of ketones is 1. The van der Waals surface area contributed by atoms with Crippen LogP contribution in [0.25, 0.3) is 0 Å². The fourth-order valence-electron chi connectivity index (χ4n) is 2.93. The van der Waals surface area contributed by atoms with E-state index in [-0.39, 0.29) is 5.78 Å². The molecule has 1 aromatic heterocycles. The SMILES string of the molecule is Cc1coc2c1CC1=CC(O)CCC1(C)C2=O. The molecule has 2 aliphatic rings. The number of aryl methyl sites for hydroxylation is 1. The molecule has 0 spiro atoms. The van der Waals surface area contributed by atoms with Crippen LogP contribution in [0.4, 0.5) is 0 Å². The first kappa shape index (κ1) is 10.8. The average Bonchev–Trinajstić information content (AvgIpc) is 2.65. The number of hydrogen-bond acceptors (Lipinski definition) is 3. The number of carbonyl (C=O) groups is 1. The molecule has 1 heterocycles. The van der Waals surface area contributed by atoms with E-state index in [9.17, 15) is 9.90 Å². The van der Waals surface area contributed by atoms with Gasteiger partial charge in [-0.15, -0.1) is 0 Å². The van der Waals surface area contributed by atoms with Crippen molar-refractivity contribution < 1.29 is 14.3 Å². The lowest BCUT2D eigenvalue weighted by molar-refractivity contribution is 0.0755. The third-order valence-electron chi connectivity index (χ3n) is 4.22. The Morgan fingerprint density at radius 1 is 1.53 bits per heavy atom. The maximum atomic E-state index is 12.5. The van der Waals surface area contributed by atoms with Crippen LogP contribution >= 0.6 is 0 Å². The summed E-state index contributed by atoms with van der Waals surface area (Å²) in [6.45, 7) is 3.92. The van der Waals surface area contributed by atoms with Crippen LogP contribution in [0.3, 0.4) is 0 Å². The quantitative estimate of drug-likeness (QED) is 0.699. The lowest BCUT2D eigenvalue weighted by Gasteiger charge is -2.38. The second-order valence-corrected chi connectivity index (χ2v) is 5.36. The van der Waals surface area contributed by atoms with Crippen LogP contribution in [0, 0.1) is 12.3 Å². The highest BCUT2D eigenvalue weighted by atomic mass is 16.3. The van der Waals surface area contributed by atoms with Gasteiger partial charge in [0.15, 0.2) is 5.76 Å². The first-order valence-electron chi connectivity index (χ1n) is 6.03. The van der Waals surface area contributed by atoms with E-state index in [4.69, 9.17) is 4.42 Å². The van der Waals surface area contributed by atoms with Crippen molar-refractivity contribution in [2.75, 3.05) is 0 Å². The van der Waals surface area contributed by atoms with Crippen LogP contribution in [-0.2, 0) is 6.42 Å². The lowest BCUT2D eigenvalue weighted by atomic mass is 9.64. The molecule has 0 saturated carbocycles. The Morgan fingerprint density at radius 3 is 3.06 bits per heavy atom. The third-order valence-corrected chi connectivity index (χ3v) is 4.22. The fraction of sp³-hybridized carbons (Fsp3) is 0.500. The fourth-order valence-corrected chi connectivity index (χ4v) is 2.93. The zero-order valence-corrected chi connectivity index (χ0v) is 10.1. The van der Waals surface area contributed by atoms with Gasteiger partial charge < -0.3 is 9.52 Å². The zero-order valence-electron chi connectivity index (χ0n) is 10.1. The number of fused-ring (bicyclic) bond motifs is 2. The summed E-state index contributed by atoms with van der Waals surface area (Å²) in [5.41, 5.74) is 2.61. The smallest absolute Gasteiger partial charge is 0.208 e. The summed E-state index contributed by atoms with van der Waals surface area (Å²) >= 11 is 0. The summed E-state index contributed by atoms with van der Waals surface area (Å²) in [6, 6.07) is 0. The molecular formula is C14H16O3. The topological polar surface area (TPSA) is 50.4 Å². The number of rotatable bonds is 0. The molecule has 17 heavy (non-hydrogen) atoms. The molecule has 0 aromatic carbocycles. The number of aliphatic hydroxyl groups excluding tert-OH is 1. The van der Waals surface area contributed by atoms with Gasteiger partial charge in [-0.05, 0) is 38.7 Å². The molecule has 0 amide bonds. The molecule has 0 fully saturated rings. The van der Waals surface area contributed by atoms with Crippen molar-refractivity contribution in [3.05, 3.63) is 34.8 Å². The van der Waals surface area contributed by atoms with Crippen LogP contribution in [-0.4, -0.2) is 17.0 Å². The van der Waals surface area contributed by atoms with E-state index in [0.717, 1.165) is 23.1 Å². The van der Waals surface area contributed by atoms with Gasteiger partial charge in [0.05, 0.1) is 17.8 Å². The van der Waals surface area contributed by atoms with Crippen molar-refractivity contribution in [2.24, 2.45) is 5.41 Å². The molecule has 0 bridgehead atoms. The standard InChI is InChI=1S/C14H16O3/c1-8-7-17-12-11(8)6-9-5-10(15)3-4-14(9,2)13(12)16/h5,7,10,15H,3-4,6H2,1-2H3. The summed E-state index contributed by atoms with van der Waals surface area (Å²) in [5, 5.41) is 9.71. The van der Waals surface area contributed by atoms with Gasteiger partial charge >= 0.3 is 0 Å². The van der Waals surface area contributed by atoms with E-state index in [1.807, 2.05) is 19.9 Å². The third kappa shape index (κ3) is 1.35.